The number of benzene rings is 1. The summed E-state index contributed by atoms with van der Waals surface area (Å²) in [5.41, 5.74) is 0.891. The van der Waals surface area contributed by atoms with Gasteiger partial charge in [-0.25, -0.2) is 13.2 Å². The van der Waals surface area contributed by atoms with E-state index in [0.29, 0.717) is 0 Å². The van der Waals surface area contributed by atoms with Gasteiger partial charge in [0.15, 0.2) is 0 Å². The van der Waals surface area contributed by atoms with Gasteiger partial charge in [-0.05, 0) is 25.3 Å². The van der Waals surface area contributed by atoms with Crippen molar-refractivity contribution in [3.8, 4) is 0 Å². The lowest BCUT2D eigenvalue weighted by atomic mass is 10.2. The maximum absolute atomic E-state index is 12.9. The molecule has 122 valence electrons. The highest BCUT2D eigenvalue weighted by Gasteiger charge is 2.40. The standard InChI is InChI=1S/C16H17NO5S/c1-11-15(9-14(22-11)16(18)19)23(20,21)17(13-7-8-13)10-12-5-3-2-4-6-12/h2-6,9,13H,7-8,10H2,1H3,(H,18,19). The maximum Gasteiger partial charge on any atom is 0.371 e. The smallest absolute Gasteiger partial charge is 0.371 e. The van der Waals surface area contributed by atoms with Crippen molar-refractivity contribution in [3.63, 3.8) is 0 Å². The first-order chi connectivity index (χ1) is 10.9. The van der Waals surface area contributed by atoms with Crippen LogP contribution in [0.2, 0.25) is 0 Å². The third-order valence-corrected chi connectivity index (χ3v) is 5.81. The Morgan fingerprint density at radius 1 is 1.30 bits per heavy atom. The van der Waals surface area contributed by atoms with Crippen LogP contribution in [0.25, 0.3) is 0 Å². The van der Waals surface area contributed by atoms with Gasteiger partial charge in [0.1, 0.15) is 10.7 Å². The first-order valence-corrected chi connectivity index (χ1v) is 8.73. The minimum absolute atomic E-state index is 0.0391. The summed E-state index contributed by atoms with van der Waals surface area (Å²) in [5, 5.41) is 8.98. The molecule has 1 saturated carbocycles. The van der Waals surface area contributed by atoms with Crippen molar-refractivity contribution in [2.45, 2.75) is 37.2 Å². The van der Waals surface area contributed by atoms with Crippen molar-refractivity contribution in [2.24, 2.45) is 0 Å². The van der Waals surface area contributed by atoms with Crippen molar-refractivity contribution < 1.29 is 22.7 Å². The topological polar surface area (TPSA) is 87.8 Å². The number of nitrogens with zero attached hydrogens (tertiary/aromatic N) is 1. The molecular weight excluding hydrogens is 318 g/mol. The van der Waals surface area contributed by atoms with Crippen LogP contribution in [0, 0.1) is 6.92 Å². The van der Waals surface area contributed by atoms with Crippen molar-refractivity contribution in [3.05, 3.63) is 53.5 Å². The fourth-order valence-electron chi connectivity index (χ4n) is 2.49. The number of aromatic carboxylic acids is 1. The van der Waals surface area contributed by atoms with Crippen LogP contribution < -0.4 is 0 Å². The molecule has 2 aromatic rings. The van der Waals surface area contributed by atoms with E-state index in [9.17, 15) is 13.2 Å². The molecule has 1 aliphatic rings. The zero-order valence-corrected chi connectivity index (χ0v) is 13.4. The first kappa shape index (κ1) is 15.8. The largest absolute Gasteiger partial charge is 0.475 e. The maximum atomic E-state index is 12.9. The molecule has 0 saturated heterocycles. The van der Waals surface area contributed by atoms with Crippen LogP contribution in [0.5, 0.6) is 0 Å². The van der Waals surface area contributed by atoms with Crippen molar-refractivity contribution in [1.29, 1.82) is 0 Å². The molecule has 3 rings (SSSR count). The van der Waals surface area contributed by atoms with Crippen LogP contribution in [-0.2, 0) is 16.6 Å². The second-order valence-electron chi connectivity index (χ2n) is 5.60. The SMILES string of the molecule is Cc1oc(C(=O)O)cc1S(=O)(=O)N(Cc1ccccc1)C1CC1. The summed E-state index contributed by atoms with van der Waals surface area (Å²) in [4.78, 5) is 10.9. The van der Waals surface area contributed by atoms with Crippen LogP contribution in [0.4, 0.5) is 0 Å². The fourth-order valence-corrected chi connectivity index (χ4v) is 4.33. The molecule has 1 fully saturated rings. The summed E-state index contributed by atoms with van der Waals surface area (Å²) in [6.45, 7) is 1.73. The summed E-state index contributed by atoms with van der Waals surface area (Å²) in [6.07, 6.45) is 1.63. The molecule has 0 radical (unpaired) electrons. The highest BCUT2D eigenvalue weighted by atomic mass is 32.2. The minimum atomic E-state index is -3.80. The van der Waals surface area contributed by atoms with E-state index in [-0.39, 0.29) is 29.0 Å². The van der Waals surface area contributed by atoms with Crippen molar-refractivity contribution in [1.82, 2.24) is 4.31 Å². The van der Waals surface area contributed by atoms with Gasteiger partial charge in [0, 0.05) is 18.7 Å². The van der Waals surface area contributed by atoms with E-state index in [2.05, 4.69) is 0 Å². The molecule has 0 spiro atoms. The van der Waals surface area contributed by atoms with Crippen LogP contribution in [0.15, 0.2) is 45.7 Å². The van der Waals surface area contributed by atoms with Crippen molar-refractivity contribution >= 4 is 16.0 Å². The molecule has 6 nitrogen and oxygen atoms in total. The molecule has 1 aliphatic carbocycles. The summed E-state index contributed by atoms with van der Waals surface area (Å²) in [7, 11) is -3.80. The average molecular weight is 335 g/mol. The highest BCUT2D eigenvalue weighted by Crippen LogP contribution is 2.35. The molecule has 1 aromatic carbocycles. The molecule has 1 N–H and O–H groups in total. The van der Waals surface area contributed by atoms with Gasteiger partial charge in [-0.3, -0.25) is 0 Å². The molecule has 0 bridgehead atoms. The number of carboxylic acids is 1. The van der Waals surface area contributed by atoms with Gasteiger partial charge in [-0.15, -0.1) is 0 Å². The lowest BCUT2D eigenvalue weighted by Crippen LogP contribution is -2.32. The van der Waals surface area contributed by atoms with E-state index in [0.717, 1.165) is 24.5 Å². The highest BCUT2D eigenvalue weighted by molar-refractivity contribution is 7.89. The molecule has 0 unspecified atom stereocenters. The summed E-state index contributed by atoms with van der Waals surface area (Å²) in [5.74, 6) is -1.55. The number of hydrogen-bond acceptors (Lipinski definition) is 4. The Morgan fingerprint density at radius 2 is 1.96 bits per heavy atom. The van der Waals surface area contributed by atoms with Gasteiger partial charge in [0.2, 0.25) is 15.8 Å². The number of aryl methyl sites for hydroxylation is 1. The predicted molar refractivity (Wildman–Crippen MR) is 82.6 cm³/mol. The fraction of sp³-hybridized carbons (Fsp3) is 0.312. The van der Waals surface area contributed by atoms with Gasteiger partial charge >= 0.3 is 5.97 Å². The predicted octanol–water partition coefficient (Wildman–Crippen LogP) is 2.64. The third kappa shape index (κ3) is 3.16. The van der Waals surface area contributed by atoms with Crippen molar-refractivity contribution in [2.75, 3.05) is 0 Å². The van der Waals surface area contributed by atoms with Crippen LogP contribution in [0.1, 0.15) is 34.7 Å². The summed E-state index contributed by atoms with van der Waals surface area (Å²) in [6, 6.07) is 10.4. The van der Waals surface area contributed by atoms with Gasteiger partial charge in [-0.2, -0.15) is 4.31 Å². The Morgan fingerprint density at radius 3 is 2.48 bits per heavy atom. The van der Waals surface area contributed by atoms with Gasteiger partial charge in [0.25, 0.3) is 0 Å². The number of furan rings is 1. The monoisotopic (exact) mass is 335 g/mol. The normalized spacial score (nSPS) is 15.0. The lowest BCUT2D eigenvalue weighted by Gasteiger charge is -2.21. The number of sulfonamides is 1. The number of carboxylic acid groups (broad SMARTS) is 1. The Balaban J connectivity index is 1.96. The van der Waals surface area contributed by atoms with E-state index < -0.39 is 16.0 Å². The van der Waals surface area contributed by atoms with E-state index >= 15 is 0 Å². The number of rotatable bonds is 6. The van der Waals surface area contributed by atoms with Crippen LogP contribution >= 0.6 is 0 Å². The Kier molecular flexibility index (Phi) is 3.99. The van der Waals surface area contributed by atoms with Crippen LogP contribution in [0.3, 0.4) is 0 Å². The summed E-state index contributed by atoms with van der Waals surface area (Å²) >= 11 is 0. The van der Waals surface area contributed by atoms with E-state index in [1.807, 2.05) is 30.3 Å². The number of carbonyl (C=O) groups is 1. The molecule has 1 aromatic heterocycles. The third-order valence-electron chi connectivity index (χ3n) is 3.81. The van der Waals surface area contributed by atoms with Gasteiger partial charge < -0.3 is 9.52 Å². The average Bonchev–Trinajstić information content (AvgIpc) is 3.26. The quantitative estimate of drug-likeness (QED) is 0.877. The zero-order valence-electron chi connectivity index (χ0n) is 12.6. The lowest BCUT2D eigenvalue weighted by molar-refractivity contribution is 0.0661. The Labute approximate surface area is 134 Å². The van der Waals surface area contributed by atoms with Crippen LogP contribution in [-0.4, -0.2) is 29.8 Å². The minimum Gasteiger partial charge on any atom is -0.475 e. The summed E-state index contributed by atoms with van der Waals surface area (Å²) < 4.78 is 32.4. The molecule has 23 heavy (non-hydrogen) atoms. The zero-order chi connectivity index (χ0) is 16.6. The molecule has 1 heterocycles. The van der Waals surface area contributed by atoms with E-state index in [1.165, 1.54) is 11.2 Å². The first-order valence-electron chi connectivity index (χ1n) is 7.29. The van der Waals surface area contributed by atoms with E-state index in [1.54, 1.807) is 0 Å². The number of hydrogen-bond donors (Lipinski definition) is 1. The molecule has 7 heteroatoms. The van der Waals surface area contributed by atoms with Gasteiger partial charge in [0.05, 0.1) is 0 Å². The molecule has 0 aliphatic heterocycles. The van der Waals surface area contributed by atoms with E-state index in [4.69, 9.17) is 9.52 Å². The molecular formula is C16H17NO5S. The van der Waals surface area contributed by atoms with Gasteiger partial charge in [-0.1, -0.05) is 30.3 Å². The molecule has 0 amide bonds. The second kappa shape index (κ2) is 5.82. The second-order valence-corrected chi connectivity index (χ2v) is 7.46. The Bertz CT molecular complexity index is 821. The Hall–Kier alpha value is -2.12. The molecule has 0 atom stereocenters.